The summed E-state index contributed by atoms with van der Waals surface area (Å²) < 4.78 is 24.4. The van der Waals surface area contributed by atoms with Crippen molar-refractivity contribution in [2.45, 2.75) is 18.9 Å². The molecule has 3 rings (SSSR count). The first kappa shape index (κ1) is 16.2. The van der Waals surface area contributed by atoms with Crippen molar-refractivity contribution in [3.8, 4) is 5.75 Å². The van der Waals surface area contributed by atoms with Gasteiger partial charge in [0.15, 0.2) is 18.2 Å². The van der Waals surface area contributed by atoms with Crippen LogP contribution in [0.15, 0.2) is 24.3 Å². The Morgan fingerprint density at radius 1 is 1.26 bits per heavy atom. The lowest BCUT2D eigenvalue weighted by Crippen LogP contribution is -2.51. The molecule has 1 amide bonds. The van der Waals surface area contributed by atoms with E-state index in [9.17, 15) is 9.18 Å². The minimum Gasteiger partial charge on any atom is -0.481 e. The van der Waals surface area contributed by atoms with E-state index < -0.39 is 5.82 Å². The van der Waals surface area contributed by atoms with Gasteiger partial charge in [-0.2, -0.15) is 0 Å². The van der Waals surface area contributed by atoms with Gasteiger partial charge in [-0.25, -0.2) is 4.39 Å². The smallest absolute Gasteiger partial charge is 0.260 e. The molecule has 0 radical (unpaired) electrons. The molecule has 0 saturated carbocycles. The minimum atomic E-state index is -0.443. The maximum atomic E-state index is 13.5. The van der Waals surface area contributed by atoms with E-state index in [0.29, 0.717) is 19.2 Å². The third-order valence-electron chi connectivity index (χ3n) is 4.40. The SMILES string of the molecule is O=C(COc1ccccc1F)N1CCN(CC2CCCO2)CC1. The standard InChI is InChI=1S/C17H23FN2O3/c18-15-5-1-2-6-16(15)23-13-17(21)20-9-7-19(8-10-20)12-14-4-3-11-22-14/h1-2,5-6,14H,3-4,7-13H2. The summed E-state index contributed by atoms with van der Waals surface area (Å²) in [6.07, 6.45) is 2.63. The summed E-state index contributed by atoms with van der Waals surface area (Å²) in [4.78, 5) is 16.3. The van der Waals surface area contributed by atoms with Crippen molar-refractivity contribution >= 4 is 5.91 Å². The van der Waals surface area contributed by atoms with E-state index in [1.54, 1.807) is 17.0 Å². The third-order valence-corrected chi connectivity index (χ3v) is 4.40. The zero-order valence-electron chi connectivity index (χ0n) is 13.2. The minimum absolute atomic E-state index is 0.0926. The number of hydrogen-bond donors (Lipinski definition) is 0. The fourth-order valence-corrected chi connectivity index (χ4v) is 3.05. The van der Waals surface area contributed by atoms with Crippen molar-refractivity contribution in [2.24, 2.45) is 0 Å². The Balaban J connectivity index is 1.40. The molecule has 1 atom stereocenters. The molecule has 0 bridgehead atoms. The zero-order valence-corrected chi connectivity index (χ0v) is 13.2. The van der Waals surface area contributed by atoms with Gasteiger partial charge in [0.1, 0.15) is 0 Å². The molecule has 126 valence electrons. The molecule has 1 aromatic rings. The lowest BCUT2D eigenvalue weighted by atomic mass is 10.2. The van der Waals surface area contributed by atoms with Crippen molar-refractivity contribution in [1.82, 2.24) is 9.80 Å². The van der Waals surface area contributed by atoms with Gasteiger partial charge in [-0.15, -0.1) is 0 Å². The number of rotatable bonds is 5. The predicted molar refractivity (Wildman–Crippen MR) is 83.9 cm³/mol. The number of ether oxygens (including phenoxy) is 2. The molecule has 2 aliphatic heterocycles. The van der Waals surface area contributed by atoms with Gasteiger partial charge >= 0.3 is 0 Å². The topological polar surface area (TPSA) is 42.0 Å². The number of halogens is 1. The van der Waals surface area contributed by atoms with E-state index in [-0.39, 0.29) is 18.3 Å². The Bertz CT molecular complexity index is 526. The first-order chi connectivity index (χ1) is 11.2. The van der Waals surface area contributed by atoms with E-state index in [1.165, 1.54) is 12.1 Å². The van der Waals surface area contributed by atoms with Crippen LogP contribution in [0.2, 0.25) is 0 Å². The second-order valence-corrected chi connectivity index (χ2v) is 6.04. The van der Waals surface area contributed by atoms with Gasteiger partial charge in [-0.3, -0.25) is 9.69 Å². The van der Waals surface area contributed by atoms with Crippen LogP contribution in [0.1, 0.15) is 12.8 Å². The summed E-state index contributed by atoms with van der Waals surface area (Å²) in [7, 11) is 0. The van der Waals surface area contributed by atoms with E-state index >= 15 is 0 Å². The molecule has 0 spiro atoms. The molecule has 2 heterocycles. The maximum Gasteiger partial charge on any atom is 0.260 e. The van der Waals surface area contributed by atoms with Gasteiger partial charge in [0.25, 0.3) is 5.91 Å². The highest BCUT2D eigenvalue weighted by atomic mass is 19.1. The molecule has 6 heteroatoms. The zero-order chi connectivity index (χ0) is 16.1. The fraction of sp³-hybridized carbons (Fsp3) is 0.588. The number of amides is 1. The van der Waals surface area contributed by atoms with Gasteiger partial charge in [0, 0.05) is 39.3 Å². The molecule has 2 saturated heterocycles. The summed E-state index contributed by atoms with van der Waals surface area (Å²) in [6, 6.07) is 6.13. The fourth-order valence-electron chi connectivity index (χ4n) is 3.05. The average molecular weight is 322 g/mol. The van der Waals surface area contributed by atoms with E-state index in [1.807, 2.05) is 0 Å². The summed E-state index contributed by atoms with van der Waals surface area (Å²) in [5.41, 5.74) is 0. The van der Waals surface area contributed by atoms with Gasteiger partial charge in [0.05, 0.1) is 6.10 Å². The molecule has 0 aromatic heterocycles. The first-order valence-corrected chi connectivity index (χ1v) is 8.21. The van der Waals surface area contributed by atoms with Crippen molar-refractivity contribution in [2.75, 3.05) is 45.9 Å². The second kappa shape index (κ2) is 7.75. The second-order valence-electron chi connectivity index (χ2n) is 6.04. The van der Waals surface area contributed by atoms with Crippen molar-refractivity contribution < 1.29 is 18.7 Å². The first-order valence-electron chi connectivity index (χ1n) is 8.21. The summed E-state index contributed by atoms with van der Waals surface area (Å²) in [5, 5.41) is 0. The monoisotopic (exact) mass is 322 g/mol. The van der Waals surface area contributed by atoms with Crippen LogP contribution in [0, 0.1) is 5.82 Å². The molecule has 0 aliphatic carbocycles. The average Bonchev–Trinajstić information content (AvgIpc) is 3.07. The number of carbonyl (C=O) groups excluding carboxylic acids is 1. The van der Waals surface area contributed by atoms with Crippen molar-refractivity contribution in [3.63, 3.8) is 0 Å². The van der Waals surface area contributed by atoms with Crippen molar-refractivity contribution in [3.05, 3.63) is 30.1 Å². The number of piperazine rings is 1. The Morgan fingerprint density at radius 2 is 2.04 bits per heavy atom. The third kappa shape index (κ3) is 4.42. The van der Waals surface area contributed by atoms with Crippen LogP contribution in [-0.4, -0.2) is 67.7 Å². The highest BCUT2D eigenvalue weighted by molar-refractivity contribution is 5.77. The Kier molecular flexibility index (Phi) is 5.46. The van der Waals surface area contributed by atoms with E-state index in [2.05, 4.69) is 4.90 Å². The van der Waals surface area contributed by atoms with Crippen LogP contribution in [0.4, 0.5) is 4.39 Å². The highest BCUT2D eigenvalue weighted by Crippen LogP contribution is 2.16. The quantitative estimate of drug-likeness (QED) is 0.824. The lowest BCUT2D eigenvalue weighted by molar-refractivity contribution is -0.135. The van der Waals surface area contributed by atoms with Crippen LogP contribution in [0.25, 0.3) is 0 Å². The Hall–Kier alpha value is -1.66. The predicted octanol–water partition coefficient (Wildman–Crippen LogP) is 1.53. The van der Waals surface area contributed by atoms with Gasteiger partial charge < -0.3 is 14.4 Å². The molecule has 23 heavy (non-hydrogen) atoms. The number of carbonyl (C=O) groups is 1. The largest absolute Gasteiger partial charge is 0.481 e. The Labute approximate surface area is 136 Å². The molecule has 2 fully saturated rings. The molecular weight excluding hydrogens is 299 g/mol. The summed E-state index contributed by atoms with van der Waals surface area (Å²) in [6.45, 7) is 4.78. The van der Waals surface area contributed by atoms with E-state index in [0.717, 1.165) is 39.1 Å². The number of benzene rings is 1. The van der Waals surface area contributed by atoms with E-state index in [4.69, 9.17) is 9.47 Å². The van der Waals surface area contributed by atoms with Crippen LogP contribution in [-0.2, 0) is 9.53 Å². The Morgan fingerprint density at radius 3 is 2.74 bits per heavy atom. The normalized spacial score (nSPS) is 22.3. The maximum absolute atomic E-state index is 13.5. The number of para-hydroxylation sites is 1. The van der Waals surface area contributed by atoms with Crippen LogP contribution in [0.5, 0.6) is 5.75 Å². The number of nitrogens with zero attached hydrogens (tertiary/aromatic N) is 2. The van der Waals surface area contributed by atoms with Gasteiger partial charge in [0.2, 0.25) is 0 Å². The summed E-state index contributed by atoms with van der Waals surface area (Å²) in [5.74, 6) is -0.412. The number of hydrogen-bond acceptors (Lipinski definition) is 4. The lowest BCUT2D eigenvalue weighted by Gasteiger charge is -2.35. The highest BCUT2D eigenvalue weighted by Gasteiger charge is 2.25. The van der Waals surface area contributed by atoms with Crippen molar-refractivity contribution in [1.29, 1.82) is 0 Å². The molecular formula is C17H23FN2O3. The molecule has 2 aliphatic rings. The van der Waals surface area contributed by atoms with Crippen LogP contribution in [0.3, 0.4) is 0 Å². The molecule has 1 aromatic carbocycles. The summed E-state index contributed by atoms with van der Waals surface area (Å²) >= 11 is 0. The molecule has 5 nitrogen and oxygen atoms in total. The molecule has 0 N–H and O–H groups in total. The van der Waals surface area contributed by atoms with Crippen LogP contribution >= 0.6 is 0 Å². The van der Waals surface area contributed by atoms with Gasteiger partial charge in [-0.05, 0) is 25.0 Å². The van der Waals surface area contributed by atoms with Crippen LogP contribution < -0.4 is 4.74 Å². The molecule has 1 unspecified atom stereocenters. The van der Waals surface area contributed by atoms with Gasteiger partial charge in [-0.1, -0.05) is 12.1 Å².